The highest BCUT2D eigenvalue weighted by atomic mass is 16.4. The molecule has 1 aromatic carbocycles. The first-order chi connectivity index (χ1) is 8.09. The van der Waals surface area contributed by atoms with Gasteiger partial charge in [-0.05, 0) is 17.5 Å². The van der Waals surface area contributed by atoms with E-state index in [1.165, 1.54) is 5.56 Å². The van der Waals surface area contributed by atoms with E-state index in [2.05, 4.69) is 5.32 Å². The summed E-state index contributed by atoms with van der Waals surface area (Å²) in [6, 6.07) is 7.83. The molecule has 0 spiro atoms. The first-order valence-corrected chi connectivity index (χ1v) is 5.68. The van der Waals surface area contributed by atoms with Crippen LogP contribution in [0.5, 0.6) is 0 Å². The molecule has 0 heterocycles. The zero-order valence-corrected chi connectivity index (χ0v) is 9.64. The molecule has 2 atom stereocenters. The molecule has 90 valence electrons. The molecule has 0 bridgehead atoms. The predicted octanol–water partition coefficient (Wildman–Crippen LogP) is 1.16. The highest BCUT2D eigenvalue weighted by molar-refractivity contribution is 5.87. The Morgan fingerprint density at radius 1 is 1.47 bits per heavy atom. The van der Waals surface area contributed by atoms with Gasteiger partial charge < -0.3 is 10.4 Å². The van der Waals surface area contributed by atoms with Crippen LogP contribution in [-0.4, -0.2) is 23.5 Å². The Kier molecular flexibility index (Phi) is 3.13. The van der Waals surface area contributed by atoms with Crippen molar-refractivity contribution in [3.63, 3.8) is 0 Å². The van der Waals surface area contributed by atoms with Crippen LogP contribution >= 0.6 is 0 Å². The standard InChI is InChI=1S/C13H15NO3/c1-8(13(16)17)7-14-12(15)11-6-9-4-2-3-5-10(9)11/h2-5,8,11H,6-7H2,1H3,(H,14,15)(H,16,17). The van der Waals surface area contributed by atoms with Gasteiger partial charge in [0.25, 0.3) is 0 Å². The number of nitrogens with one attached hydrogen (secondary N) is 1. The Hall–Kier alpha value is -1.84. The monoisotopic (exact) mass is 233 g/mol. The summed E-state index contributed by atoms with van der Waals surface area (Å²) in [6.07, 6.45) is 0.753. The number of benzene rings is 1. The summed E-state index contributed by atoms with van der Waals surface area (Å²) < 4.78 is 0. The fourth-order valence-electron chi connectivity index (χ4n) is 1.96. The molecule has 17 heavy (non-hydrogen) atoms. The van der Waals surface area contributed by atoms with E-state index in [4.69, 9.17) is 5.11 Å². The van der Waals surface area contributed by atoms with Gasteiger partial charge in [0, 0.05) is 6.54 Å². The lowest BCUT2D eigenvalue weighted by Gasteiger charge is -2.29. The van der Waals surface area contributed by atoms with E-state index in [9.17, 15) is 9.59 Å². The number of rotatable bonds is 4. The molecule has 1 aliphatic carbocycles. The van der Waals surface area contributed by atoms with Gasteiger partial charge in [0.1, 0.15) is 0 Å². The van der Waals surface area contributed by atoms with Gasteiger partial charge in [-0.1, -0.05) is 31.2 Å². The molecule has 1 amide bonds. The van der Waals surface area contributed by atoms with E-state index in [-0.39, 0.29) is 18.4 Å². The van der Waals surface area contributed by atoms with Gasteiger partial charge in [-0.25, -0.2) is 0 Å². The van der Waals surface area contributed by atoms with E-state index in [1.54, 1.807) is 6.92 Å². The van der Waals surface area contributed by atoms with Crippen LogP contribution in [0.1, 0.15) is 24.0 Å². The third-order valence-corrected chi connectivity index (χ3v) is 3.18. The van der Waals surface area contributed by atoms with Crippen LogP contribution in [-0.2, 0) is 16.0 Å². The molecule has 0 saturated carbocycles. The van der Waals surface area contributed by atoms with Crippen LogP contribution in [0, 0.1) is 5.92 Å². The molecule has 2 rings (SSSR count). The summed E-state index contributed by atoms with van der Waals surface area (Å²) >= 11 is 0. The summed E-state index contributed by atoms with van der Waals surface area (Å²) in [5.74, 6) is -1.61. The molecular formula is C13H15NO3. The minimum absolute atomic E-state index is 0.0724. The van der Waals surface area contributed by atoms with Crippen molar-refractivity contribution in [1.82, 2.24) is 5.32 Å². The summed E-state index contributed by atoms with van der Waals surface area (Å²) in [4.78, 5) is 22.4. The maximum atomic E-state index is 11.8. The van der Waals surface area contributed by atoms with Gasteiger partial charge >= 0.3 is 5.97 Å². The number of aliphatic carboxylic acids is 1. The largest absolute Gasteiger partial charge is 0.481 e. The predicted molar refractivity (Wildman–Crippen MR) is 62.7 cm³/mol. The van der Waals surface area contributed by atoms with Crippen LogP contribution in [0.2, 0.25) is 0 Å². The molecule has 0 radical (unpaired) electrons. The average molecular weight is 233 g/mol. The minimum Gasteiger partial charge on any atom is -0.481 e. The van der Waals surface area contributed by atoms with Crippen molar-refractivity contribution in [2.45, 2.75) is 19.3 Å². The smallest absolute Gasteiger partial charge is 0.308 e. The number of fused-ring (bicyclic) bond motifs is 1. The molecule has 1 aliphatic rings. The quantitative estimate of drug-likeness (QED) is 0.820. The van der Waals surface area contributed by atoms with Crippen molar-refractivity contribution < 1.29 is 14.7 Å². The Balaban J connectivity index is 1.90. The third-order valence-electron chi connectivity index (χ3n) is 3.18. The van der Waals surface area contributed by atoms with Crippen LogP contribution in [0.25, 0.3) is 0 Å². The van der Waals surface area contributed by atoms with Crippen molar-refractivity contribution in [2.75, 3.05) is 6.54 Å². The fraction of sp³-hybridized carbons (Fsp3) is 0.385. The molecule has 4 nitrogen and oxygen atoms in total. The number of hydrogen-bond acceptors (Lipinski definition) is 2. The number of amides is 1. The van der Waals surface area contributed by atoms with Crippen LogP contribution in [0.15, 0.2) is 24.3 Å². The van der Waals surface area contributed by atoms with E-state index in [0.29, 0.717) is 0 Å². The minimum atomic E-state index is -0.890. The first-order valence-electron chi connectivity index (χ1n) is 5.68. The van der Waals surface area contributed by atoms with Gasteiger partial charge in [-0.15, -0.1) is 0 Å². The fourth-order valence-corrected chi connectivity index (χ4v) is 1.96. The zero-order valence-electron chi connectivity index (χ0n) is 9.64. The summed E-state index contributed by atoms with van der Waals surface area (Å²) in [5, 5.41) is 11.4. The van der Waals surface area contributed by atoms with E-state index >= 15 is 0 Å². The lowest BCUT2D eigenvalue weighted by molar-refractivity contribution is -0.141. The van der Waals surface area contributed by atoms with Crippen molar-refractivity contribution >= 4 is 11.9 Å². The van der Waals surface area contributed by atoms with E-state index in [0.717, 1.165) is 12.0 Å². The van der Waals surface area contributed by atoms with Gasteiger partial charge in [0.15, 0.2) is 0 Å². The van der Waals surface area contributed by atoms with Crippen LogP contribution < -0.4 is 5.32 Å². The van der Waals surface area contributed by atoms with Gasteiger partial charge in [-0.3, -0.25) is 9.59 Å². The molecule has 4 heteroatoms. The Morgan fingerprint density at radius 2 is 2.18 bits per heavy atom. The molecule has 1 aromatic rings. The summed E-state index contributed by atoms with van der Waals surface area (Å²) in [5.41, 5.74) is 2.27. The normalized spacial score (nSPS) is 18.8. The second-order valence-corrected chi connectivity index (χ2v) is 4.44. The summed E-state index contributed by atoms with van der Waals surface area (Å²) in [7, 11) is 0. The van der Waals surface area contributed by atoms with Crippen molar-refractivity contribution in [1.29, 1.82) is 0 Å². The molecule has 0 aliphatic heterocycles. The lowest BCUT2D eigenvalue weighted by Crippen LogP contribution is -2.38. The molecule has 0 aromatic heterocycles. The van der Waals surface area contributed by atoms with E-state index < -0.39 is 11.9 Å². The second-order valence-electron chi connectivity index (χ2n) is 4.44. The average Bonchev–Trinajstić information content (AvgIpc) is 2.27. The van der Waals surface area contributed by atoms with Crippen molar-refractivity contribution in [3.05, 3.63) is 35.4 Å². The molecule has 2 unspecified atom stereocenters. The topological polar surface area (TPSA) is 66.4 Å². The molecule has 0 saturated heterocycles. The molecule has 0 fully saturated rings. The number of carbonyl (C=O) groups excluding carboxylic acids is 1. The van der Waals surface area contributed by atoms with Gasteiger partial charge in [-0.2, -0.15) is 0 Å². The maximum Gasteiger partial charge on any atom is 0.308 e. The second kappa shape index (κ2) is 4.57. The lowest BCUT2D eigenvalue weighted by atomic mass is 9.77. The van der Waals surface area contributed by atoms with Crippen LogP contribution in [0.4, 0.5) is 0 Å². The maximum absolute atomic E-state index is 11.8. The number of carboxylic acids is 1. The van der Waals surface area contributed by atoms with Gasteiger partial charge in [0.05, 0.1) is 11.8 Å². The first kappa shape index (κ1) is 11.6. The third kappa shape index (κ3) is 2.30. The SMILES string of the molecule is CC(CNC(=O)C1Cc2ccccc21)C(=O)O. The molecule has 2 N–H and O–H groups in total. The highest BCUT2D eigenvalue weighted by Gasteiger charge is 2.31. The van der Waals surface area contributed by atoms with Crippen LogP contribution in [0.3, 0.4) is 0 Å². The van der Waals surface area contributed by atoms with Crippen molar-refractivity contribution in [3.8, 4) is 0 Å². The van der Waals surface area contributed by atoms with E-state index in [1.807, 2.05) is 24.3 Å². The number of carbonyl (C=O) groups is 2. The zero-order chi connectivity index (χ0) is 12.4. The Morgan fingerprint density at radius 3 is 2.82 bits per heavy atom. The Bertz CT molecular complexity index is 456. The van der Waals surface area contributed by atoms with Crippen molar-refractivity contribution in [2.24, 2.45) is 5.92 Å². The number of carboxylic acid groups (broad SMARTS) is 1. The Labute approximate surface area is 99.6 Å². The summed E-state index contributed by atoms with van der Waals surface area (Å²) in [6.45, 7) is 1.77. The highest BCUT2D eigenvalue weighted by Crippen LogP contribution is 2.34. The number of hydrogen-bond donors (Lipinski definition) is 2. The van der Waals surface area contributed by atoms with Gasteiger partial charge in [0.2, 0.25) is 5.91 Å². The molecular weight excluding hydrogens is 218 g/mol.